The summed E-state index contributed by atoms with van der Waals surface area (Å²) in [6.07, 6.45) is 0. The molecule has 0 saturated carbocycles. The molecule has 0 aromatic heterocycles. The molecular weight excluding hydrogens is 176 g/mol. The predicted octanol–water partition coefficient (Wildman–Crippen LogP) is 1.07. The topological polar surface area (TPSA) is 55.1 Å². The van der Waals surface area contributed by atoms with Crippen molar-refractivity contribution >= 4 is 5.91 Å². The van der Waals surface area contributed by atoms with Crippen LogP contribution in [0.15, 0.2) is 30.3 Å². The molecule has 1 aromatic carbocycles. The molecule has 0 spiro atoms. The normalized spacial score (nSPS) is 14.5. The molecule has 0 radical (unpaired) electrons. The van der Waals surface area contributed by atoms with E-state index in [-0.39, 0.29) is 17.9 Å². The van der Waals surface area contributed by atoms with Crippen molar-refractivity contribution in [2.24, 2.45) is 11.7 Å². The Bertz CT molecular complexity index is 297. The standard InChI is InChI=1S/C11H16N2O/c1-8(11(14)13-2)10(12)9-6-4-3-5-7-9/h3-8,10H,12H2,1-2H3,(H,13,14). The smallest absolute Gasteiger partial charge is 0.224 e. The van der Waals surface area contributed by atoms with E-state index in [0.29, 0.717) is 0 Å². The summed E-state index contributed by atoms with van der Waals surface area (Å²) in [5, 5.41) is 2.60. The van der Waals surface area contributed by atoms with Gasteiger partial charge in [-0.3, -0.25) is 4.79 Å². The van der Waals surface area contributed by atoms with Crippen molar-refractivity contribution in [2.45, 2.75) is 13.0 Å². The molecule has 1 amide bonds. The predicted molar refractivity (Wildman–Crippen MR) is 56.6 cm³/mol. The lowest BCUT2D eigenvalue weighted by atomic mass is 9.95. The van der Waals surface area contributed by atoms with Gasteiger partial charge in [0.05, 0.1) is 5.92 Å². The van der Waals surface area contributed by atoms with E-state index in [1.165, 1.54) is 0 Å². The SMILES string of the molecule is CNC(=O)C(C)C(N)c1ccccc1. The average molecular weight is 192 g/mol. The Kier molecular flexibility index (Phi) is 3.65. The second-order valence-electron chi connectivity index (χ2n) is 3.34. The monoisotopic (exact) mass is 192 g/mol. The molecule has 0 heterocycles. The van der Waals surface area contributed by atoms with Gasteiger partial charge >= 0.3 is 0 Å². The molecule has 14 heavy (non-hydrogen) atoms. The van der Waals surface area contributed by atoms with Crippen LogP contribution in [0.2, 0.25) is 0 Å². The molecule has 1 aromatic rings. The number of rotatable bonds is 3. The van der Waals surface area contributed by atoms with Crippen molar-refractivity contribution in [3.8, 4) is 0 Å². The Morgan fingerprint density at radius 1 is 1.36 bits per heavy atom. The van der Waals surface area contributed by atoms with Crippen LogP contribution < -0.4 is 11.1 Å². The van der Waals surface area contributed by atoms with E-state index in [9.17, 15) is 4.79 Å². The maximum Gasteiger partial charge on any atom is 0.224 e. The number of amides is 1. The number of hydrogen-bond donors (Lipinski definition) is 2. The summed E-state index contributed by atoms with van der Waals surface area (Å²) in [5.41, 5.74) is 6.94. The number of nitrogens with two attached hydrogens (primary N) is 1. The fourth-order valence-corrected chi connectivity index (χ4v) is 1.35. The largest absolute Gasteiger partial charge is 0.359 e. The molecule has 3 N–H and O–H groups in total. The summed E-state index contributed by atoms with van der Waals surface area (Å²) >= 11 is 0. The highest BCUT2D eigenvalue weighted by Crippen LogP contribution is 2.18. The fourth-order valence-electron chi connectivity index (χ4n) is 1.35. The first kappa shape index (κ1) is 10.7. The molecule has 2 atom stereocenters. The zero-order valence-electron chi connectivity index (χ0n) is 8.53. The number of benzene rings is 1. The molecule has 0 saturated heterocycles. The van der Waals surface area contributed by atoms with E-state index in [1.807, 2.05) is 37.3 Å². The van der Waals surface area contributed by atoms with E-state index in [0.717, 1.165) is 5.56 Å². The molecule has 2 unspecified atom stereocenters. The molecule has 0 aliphatic rings. The number of carbonyl (C=O) groups excluding carboxylic acids is 1. The lowest BCUT2D eigenvalue weighted by molar-refractivity contribution is -0.124. The lowest BCUT2D eigenvalue weighted by Crippen LogP contribution is -2.33. The fraction of sp³-hybridized carbons (Fsp3) is 0.364. The maximum atomic E-state index is 11.3. The van der Waals surface area contributed by atoms with Crippen molar-refractivity contribution in [2.75, 3.05) is 7.05 Å². The van der Waals surface area contributed by atoms with Crippen LogP contribution in [0.4, 0.5) is 0 Å². The van der Waals surface area contributed by atoms with Crippen LogP contribution in [-0.4, -0.2) is 13.0 Å². The Hall–Kier alpha value is -1.35. The van der Waals surface area contributed by atoms with Gasteiger partial charge in [0.25, 0.3) is 0 Å². The highest BCUT2D eigenvalue weighted by Gasteiger charge is 2.20. The molecule has 76 valence electrons. The second kappa shape index (κ2) is 4.77. The first-order chi connectivity index (χ1) is 6.66. The third kappa shape index (κ3) is 2.33. The number of carbonyl (C=O) groups is 1. The van der Waals surface area contributed by atoms with Crippen LogP contribution in [0.1, 0.15) is 18.5 Å². The van der Waals surface area contributed by atoms with Gasteiger partial charge in [-0.2, -0.15) is 0 Å². The minimum Gasteiger partial charge on any atom is -0.359 e. The van der Waals surface area contributed by atoms with Gasteiger partial charge in [0.15, 0.2) is 0 Å². The van der Waals surface area contributed by atoms with E-state index in [1.54, 1.807) is 7.05 Å². The van der Waals surface area contributed by atoms with Crippen LogP contribution in [0.3, 0.4) is 0 Å². The van der Waals surface area contributed by atoms with Gasteiger partial charge in [-0.1, -0.05) is 37.3 Å². The van der Waals surface area contributed by atoms with Gasteiger partial charge < -0.3 is 11.1 Å². The van der Waals surface area contributed by atoms with Gasteiger partial charge in [0.2, 0.25) is 5.91 Å². The van der Waals surface area contributed by atoms with Crippen LogP contribution in [-0.2, 0) is 4.79 Å². The average Bonchev–Trinajstić information content (AvgIpc) is 2.27. The molecule has 0 aliphatic carbocycles. The van der Waals surface area contributed by atoms with Crippen molar-refractivity contribution in [3.63, 3.8) is 0 Å². The molecule has 0 aliphatic heterocycles. The Morgan fingerprint density at radius 3 is 2.43 bits per heavy atom. The Labute approximate surface area is 84.3 Å². The van der Waals surface area contributed by atoms with Crippen LogP contribution in [0.5, 0.6) is 0 Å². The highest BCUT2D eigenvalue weighted by atomic mass is 16.1. The van der Waals surface area contributed by atoms with E-state index in [4.69, 9.17) is 5.73 Å². The molecule has 3 heteroatoms. The Balaban J connectivity index is 2.75. The second-order valence-corrected chi connectivity index (χ2v) is 3.34. The van der Waals surface area contributed by atoms with Crippen LogP contribution in [0, 0.1) is 5.92 Å². The zero-order valence-corrected chi connectivity index (χ0v) is 8.53. The highest BCUT2D eigenvalue weighted by molar-refractivity contribution is 5.78. The summed E-state index contributed by atoms with van der Waals surface area (Å²) in [6, 6.07) is 9.41. The third-order valence-corrected chi connectivity index (χ3v) is 2.38. The van der Waals surface area contributed by atoms with Gasteiger partial charge in [0.1, 0.15) is 0 Å². The Morgan fingerprint density at radius 2 is 1.93 bits per heavy atom. The van der Waals surface area contributed by atoms with E-state index in [2.05, 4.69) is 5.32 Å². The van der Waals surface area contributed by atoms with Crippen molar-refractivity contribution in [1.82, 2.24) is 5.32 Å². The first-order valence-corrected chi connectivity index (χ1v) is 4.69. The lowest BCUT2D eigenvalue weighted by Gasteiger charge is -2.18. The molecule has 3 nitrogen and oxygen atoms in total. The van der Waals surface area contributed by atoms with Crippen LogP contribution >= 0.6 is 0 Å². The summed E-state index contributed by atoms with van der Waals surface area (Å²) in [4.78, 5) is 11.3. The van der Waals surface area contributed by atoms with E-state index < -0.39 is 0 Å². The van der Waals surface area contributed by atoms with E-state index >= 15 is 0 Å². The minimum atomic E-state index is -0.240. The molecular formula is C11H16N2O. The van der Waals surface area contributed by atoms with Gasteiger partial charge in [-0.25, -0.2) is 0 Å². The van der Waals surface area contributed by atoms with Crippen LogP contribution in [0.25, 0.3) is 0 Å². The molecule has 0 bridgehead atoms. The summed E-state index contributed by atoms with van der Waals surface area (Å²) < 4.78 is 0. The quantitative estimate of drug-likeness (QED) is 0.752. The van der Waals surface area contributed by atoms with Gasteiger partial charge in [-0.15, -0.1) is 0 Å². The van der Waals surface area contributed by atoms with Crippen molar-refractivity contribution in [1.29, 1.82) is 0 Å². The van der Waals surface area contributed by atoms with Gasteiger partial charge in [-0.05, 0) is 5.56 Å². The first-order valence-electron chi connectivity index (χ1n) is 4.69. The number of nitrogens with one attached hydrogen (secondary N) is 1. The summed E-state index contributed by atoms with van der Waals surface area (Å²) in [6.45, 7) is 1.83. The molecule has 1 rings (SSSR count). The zero-order chi connectivity index (χ0) is 10.6. The third-order valence-electron chi connectivity index (χ3n) is 2.38. The summed E-state index contributed by atoms with van der Waals surface area (Å²) in [7, 11) is 1.62. The van der Waals surface area contributed by atoms with Crippen molar-refractivity contribution < 1.29 is 4.79 Å². The maximum absolute atomic E-state index is 11.3. The van der Waals surface area contributed by atoms with Gasteiger partial charge in [0, 0.05) is 13.1 Å². The number of hydrogen-bond acceptors (Lipinski definition) is 2. The van der Waals surface area contributed by atoms with Crippen molar-refractivity contribution in [3.05, 3.63) is 35.9 Å². The summed E-state index contributed by atoms with van der Waals surface area (Å²) in [5.74, 6) is -0.233. The minimum absolute atomic E-state index is 0.0265. The molecule has 0 fully saturated rings.